The number of methoxy groups -OCH3 is 1. The van der Waals surface area contributed by atoms with Gasteiger partial charge in [0.05, 0.1) is 24.7 Å². The maximum absolute atomic E-state index is 12.2. The van der Waals surface area contributed by atoms with Crippen molar-refractivity contribution in [3.8, 4) is 17.1 Å². The van der Waals surface area contributed by atoms with E-state index < -0.39 is 0 Å². The zero-order valence-electron chi connectivity index (χ0n) is 14.3. The van der Waals surface area contributed by atoms with Crippen LogP contribution in [-0.4, -0.2) is 23.8 Å². The summed E-state index contributed by atoms with van der Waals surface area (Å²) in [6.07, 6.45) is 1.66. The highest BCUT2D eigenvalue weighted by molar-refractivity contribution is 9.10. The van der Waals surface area contributed by atoms with Gasteiger partial charge in [-0.05, 0) is 36.8 Å². The quantitative estimate of drug-likeness (QED) is 0.545. The van der Waals surface area contributed by atoms with E-state index in [1.165, 1.54) is 11.8 Å². The van der Waals surface area contributed by atoms with Crippen LogP contribution in [-0.2, 0) is 4.79 Å². The molecule has 134 valence electrons. The number of ether oxygens (including phenoxy) is 1. The van der Waals surface area contributed by atoms with E-state index in [1.54, 1.807) is 13.3 Å². The molecule has 0 bridgehead atoms. The molecule has 0 unspecified atom stereocenters. The van der Waals surface area contributed by atoms with Crippen molar-refractivity contribution in [1.29, 1.82) is 0 Å². The predicted molar refractivity (Wildman–Crippen MR) is 107 cm³/mol. The molecular formula is C19H17BrN2O3S. The van der Waals surface area contributed by atoms with Gasteiger partial charge in [0.25, 0.3) is 5.22 Å². The number of aryl methyl sites for hydroxylation is 1. The van der Waals surface area contributed by atoms with Gasteiger partial charge in [-0.15, -0.1) is 0 Å². The molecule has 0 spiro atoms. The molecular weight excluding hydrogens is 416 g/mol. The van der Waals surface area contributed by atoms with Gasteiger partial charge in [-0.2, -0.15) is 0 Å². The molecule has 1 N–H and O–H groups in total. The van der Waals surface area contributed by atoms with Crippen molar-refractivity contribution >= 4 is 39.3 Å². The Bertz CT molecular complexity index is 927. The maximum Gasteiger partial charge on any atom is 0.256 e. The average Bonchev–Trinajstić information content (AvgIpc) is 3.09. The lowest BCUT2D eigenvalue weighted by molar-refractivity contribution is -0.113. The third kappa shape index (κ3) is 4.68. The number of carbonyl (C=O) groups excluding carboxylic acids is 1. The normalized spacial score (nSPS) is 10.6. The molecule has 0 saturated heterocycles. The van der Waals surface area contributed by atoms with Crippen LogP contribution >= 0.6 is 27.7 Å². The molecule has 2 aromatic carbocycles. The largest absolute Gasteiger partial charge is 0.495 e. The minimum Gasteiger partial charge on any atom is -0.495 e. The topological polar surface area (TPSA) is 64.4 Å². The Morgan fingerprint density at radius 2 is 2.15 bits per heavy atom. The first-order chi connectivity index (χ1) is 12.5. The van der Waals surface area contributed by atoms with E-state index in [9.17, 15) is 4.79 Å². The van der Waals surface area contributed by atoms with Gasteiger partial charge in [-0.25, -0.2) is 4.98 Å². The van der Waals surface area contributed by atoms with Crippen molar-refractivity contribution in [3.63, 3.8) is 0 Å². The number of benzene rings is 2. The molecule has 3 rings (SSSR count). The Morgan fingerprint density at radius 1 is 1.31 bits per heavy atom. The summed E-state index contributed by atoms with van der Waals surface area (Å²) in [5, 5.41) is 3.31. The first kappa shape index (κ1) is 18.5. The number of hydrogen-bond donors (Lipinski definition) is 1. The van der Waals surface area contributed by atoms with Crippen LogP contribution in [0.3, 0.4) is 0 Å². The fourth-order valence-electron chi connectivity index (χ4n) is 2.33. The highest BCUT2D eigenvalue weighted by Gasteiger charge is 2.12. The summed E-state index contributed by atoms with van der Waals surface area (Å²) < 4.78 is 12.0. The zero-order chi connectivity index (χ0) is 18.5. The minimum absolute atomic E-state index is 0.152. The lowest BCUT2D eigenvalue weighted by atomic mass is 10.2. The van der Waals surface area contributed by atoms with E-state index in [0.717, 1.165) is 15.6 Å². The Balaban J connectivity index is 1.61. The van der Waals surface area contributed by atoms with E-state index >= 15 is 0 Å². The molecule has 1 aromatic heterocycles. The van der Waals surface area contributed by atoms with Crippen LogP contribution in [0.1, 0.15) is 5.56 Å². The molecule has 0 saturated carbocycles. The van der Waals surface area contributed by atoms with Crippen LogP contribution in [0.15, 0.2) is 62.8 Å². The highest BCUT2D eigenvalue weighted by Crippen LogP contribution is 2.28. The first-order valence-corrected chi connectivity index (χ1v) is 9.62. The number of halogens is 1. The molecule has 0 radical (unpaired) electrons. The second-order valence-corrected chi connectivity index (χ2v) is 7.38. The third-order valence-corrected chi connectivity index (χ3v) is 4.88. The molecule has 0 aliphatic rings. The van der Waals surface area contributed by atoms with Crippen molar-refractivity contribution < 1.29 is 13.9 Å². The monoisotopic (exact) mass is 432 g/mol. The van der Waals surface area contributed by atoms with Crippen LogP contribution in [0.5, 0.6) is 5.75 Å². The summed E-state index contributed by atoms with van der Waals surface area (Å²) in [5.74, 6) is 1.33. The fourth-order valence-corrected chi connectivity index (χ4v) is 3.34. The predicted octanol–water partition coefficient (Wildman–Crippen LogP) is 5.15. The van der Waals surface area contributed by atoms with Gasteiger partial charge in [0.2, 0.25) is 5.91 Å². The number of nitrogens with one attached hydrogen (secondary N) is 1. The van der Waals surface area contributed by atoms with Gasteiger partial charge in [-0.3, -0.25) is 4.79 Å². The van der Waals surface area contributed by atoms with E-state index in [-0.39, 0.29) is 11.7 Å². The molecule has 0 aliphatic carbocycles. The number of hydrogen-bond acceptors (Lipinski definition) is 5. The Kier molecular flexibility index (Phi) is 6.00. The molecule has 0 aliphatic heterocycles. The maximum atomic E-state index is 12.2. The van der Waals surface area contributed by atoms with Gasteiger partial charge in [0.1, 0.15) is 5.75 Å². The number of nitrogens with zero attached hydrogens (tertiary/aromatic N) is 1. The number of rotatable bonds is 6. The fraction of sp³-hybridized carbons (Fsp3) is 0.158. The van der Waals surface area contributed by atoms with Crippen LogP contribution in [0, 0.1) is 6.92 Å². The number of carbonyl (C=O) groups is 1. The summed E-state index contributed by atoms with van der Waals surface area (Å²) in [4.78, 5) is 16.4. The average molecular weight is 433 g/mol. The second-order valence-electron chi connectivity index (χ2n) is 5.54. The molecule has 7 heteroatoms. The van der Waals surface area contributed by atoms with Crippen LogP contribution in [0.2, 0.25) is 0 Å². The molecule has 1 heterocycles. The lowest BCUT2D eigenvalue weighted by Gasteiger charge is -2.10. The van der Waals surface area contributed by atoms with Gasteiger partial charge in [-0.1, -0.05) is 45.9 Å². The Morgan fingerprint density at radius 3 is 2.92 bits per heavy atom. The third-order valence-electron chi connectivity index (χ3n) is 3.55. The van der Waals surface area contributed by atoms with Gasteiger partial charge >= 0.3 is 0 Å². The minimum atomic E-state index is -0.152. The number of anilines is 1. The molecule has 0 atom stereocenters. The number of oxazole rings is 1. The summed E-state index contributed by atoms with van der Waals surface area (Å²) in [5.41, 5.74) is 2.62. The summed E-state index contributed by atoms with van der Waals surface area (Å²) in [6.45, 7) is 1.96. The number of amides is 1. The van der Waals surface area contributed by atoms with Gasteiger partial charge in [0.15, 0.2) is 5.76 Å². The molecule has 1 amide bonds. The van der Waals surface area contributed by atoms with Crippen molar-refractivity contribution in [2.45, 2.75) is 12.1 Å². The standard InChI is InChI=1S/C19H17BrN2O3S/c1-12-6-7-16(24-2)15(8-12)22-18(23)11-26-19-21-10-17(25-19)13-4-3-5-14(20)9-13/h3-10H,11H2,1-2H3,(H,22,23). The second kappa shape index (κ2) is 8.42. The molecule has 5 nitrogen and oxygen atoms in total. The van der Waals surface area contributed by atoms with Crippen molar-refractivity contribution in [1.82, 2.24) is 4.98 Å². The Labute approximate surface area is 164 Å². The number of thioether (sulfide) groups is 1. The lowest BCUT2D eigenvalue weighted by Crippen LogP contribution is -2.14. The molecule has 3 aromatic rings. The van der Waals surface area contributed by atoms with E-state index in [2.05, 4.69) is 26.2 Å². The van der Waals surface area contributed by atoms with Crippen molar-refractivity contribution in [3.05, 3.63) is 58.7 Å². The van der Waals surface area contributed by atoms with Gasteiger partial charge in [0, 0.05) is 10.0 Å². The molecule has 0 fully saturated rings. The first-order valence-electron chi connectivity index (χ1n) is 7.84. The van der Waals surface area contributed by atoms with Crippen molar-refractivity contribution in [2.75, 3.05) is 18.2 Å². The van der Waals surface area contributed by atoms with Crippen LogP contribution in [0.4, 0.5) is 5.69 Å². The van der Waals surface area contributed by atoms with E-state index in [4.69, 9.17) is 9.15 Å². The zero-order valence-corrected chi connectivity index (χ0v) is 16.7. The van der Waals surface area contributed by atoms with Crippen molar-refractivity contribution in [2.24, 2.45) is 0 Å². The highest BCUT2D eigenvalue weighted by atomic mass is 79.9. The smallest absolute Gasteiger partial charge is 0.256 e. The van der Waals surface area contributed by atoms with Crippen LogP contribution in [0.25, 0.3) is 11.3 Å². The van der Waals surface area contributed by atoms with Gasteiger partial charge < -0.3 is 14.5 Å². The van der Waals surface area contributed by atoms with Crippen LogP contribution < -0.4 is 10.1 Å². The molecule has 26 heavy (non-hydrogen) atoms. The SMILES string of the molecule is COc1ccc(C)cc1NC(=O)CSc1ncc(-c2cccc(Br)c2)o1. The summed E-state index contributed by atoms with van der Waals surface area (Å²) >= 11 is 4.68. The summed E-state index contributed by atoms with van der Waals surface area (Å²) in [6, 6.07) is 13.4. The number of aromatic nitrogens is 1. The summed E-state index contributed by atoms with van der Waals surface area (Å²) in [7, 11) is 1.57. The van der Waals surface area contributed by atoms with E-state index in [1.807, 2.05) is 49.4 Å². The van der Waals surface area contributed by atoms with E-state index in [0.29, 0.717) is 22.4 Å². The Hall–Kier alpha value is -2.25.